The van der Waals surface area contributed by atoms with Crippen LogP contribution in [0.15, 0.2) is 54.6 Å². The molecule has 1 unspecified atom stereocenters. The van der Waals surface area contributed by atoms with Crippen LogP contribution in [0.2, 0.25) is 0 Å². The Bertz CT molecular complexity index is 790. The van der Waals surface area contributed by atoms with Crippen LogP contribution in [0.4, 0.5) is 4.79 Å². The molecule has 6 heteroatoms. The topological polar surface area (TPSA) is 65.1 Å². The van der Waals surface area contributed by atoms with Crippen molar-refractivity contribution in [1.29, 1.82) is 0 Å². The number of benzene rings is 2. The molecule has 1 aliphatic rings. The maximum absolute atomic E-state index is 12.1. The SMILES string of the molecule is CCOC(=O)C(C)N1C(=O)OC[C@@H]1Cc1ccc(OCc2ccccc2)cc1. The smallest absolute Gasteiger partial charge is 0.410 e. The van der Waals surface area contributed by atoms with Gasteiger partial charge in [0.2, 0.25) is 0 Å². The molecule has 1 amide bonds. The number of nitrogens with zero attached hydrogens (tertiary/aromatic N) is 1. The Hall–Kier alpha value is -3.02. The first-order valence-corrected chi connectivity index (χ1v) is 9.46. The van der Waals surface area contributed by atoms with E-state index in [1.54, 1.807) is 13.8 Å². The average molecular weight is 383 g/mol. The predicted molar refractivity (Wildman–Crippen MR) is 104 cm³/mol. The normalized spacial score (nSPS) is 17.1. The Morgan fingerprint density at radius 1 is 1.14 bits per heavy atom. The van der Waals surface area contributed by atoms with Crippen LogP contribution < -0.4 is 4.74 Å². The molecule has 1 fully saturated rings. The number of cyclic esters (lactones) is 1. The maximum atomic E-state index is 12.1. The van der Waals surface area contributed by atoms with Crippen molar-refractivity contribution in [3.63, 3.8) is 0 Å². The van der Waals surface area contributed by atoms with Crippen LogP contribution in [0.5, 0.6) is 5.75 Å². The van der Waals surface area contributed by atoms with Crippen molar-refractivity contribution in [3.05, 3.63) is 65.7 Å². The van der Waals surface area contributed by atoms with Crippen LogP contribution in [0.3, 0.4) is 0 Å². The molecular formula is C22H25NO5. The van der Waals surface area contributed by atoms with E-state index in [-0.39, 0.29) is 19.3 Å². The van der Waals surface area contributed by atoms with Gasteiger partial charge in [0.15, 0.2) is 0 Å². The fraction of sp³-hybridized carbons (Fsp3) is 0.364. The minimum Gasteiger partial charge on any atom is -0.489 e. The van der Waals surface area contributed by atoms with Gasteiger partial charge in [0.25, 0.3) is 0 Å². The highest BCUT2D eigenvalue weighted by atomic mass is 16.6. The first-order valence-electron chi connectivity index (χ1n) is 9.46. The second kappa shape index (κ2) is 9.26. The highest BCUT2D eigenvalue weighted by Gasteiger charge is 2.39. The third-order valence-corrected chi connectivity index (χ3v) is 4.69. The molecule has 2 aromatic carbocycles. The fourth-order valence-electron chi connectivity index (χ4n) is 3.21. The third kappa shape index (κ3) is 4.82. The van der Waals surface area contributed by atoms with E-state index >= 15 is 0 Å². The number of amides is 1. The van der Waals surface area contributed by atoms with Crippen molar-refractivity contribution in [3.8, 4) is 5.75 Å². The van der Waals surface area contributed by atoms with Gasteiger partial charge in [-0.2, -0.15) is 0 Å². The summed E-state index contributed by atoms with van der Waals surface area (Å²) in [7, 11) is 0. The van der Waals surface area contributed by atoms with E-state index in [4.69, 9.17) is 14.2 Å². The molecule has 1 heterocycles. The zero-order valence-electron chi connectivity index (χ0n) is 16.2. The number of esters is 1. The zero-order chi connectivity index (χ0) is 19.9. The third-order valence-electron chi connectivity index (χ3n) is 4.69. The maximum Gasteiger partial charge on any atom is 0.410 e. The lowest BCUT2D eigenvalue weighted by Gasteiger charge is -2.26. The van der Waals surface area contributed by atoms with E-state index < -0.39 is 18.1 Å². The van der Waals surface area contributed by atoms with Gasteiger partial charge in [-0.3, -0.25) is 4.90 Å². The highest BCUT2D eigenvalue weighted by molar-refractivity contribution is 5.82. The predicted octanol–water partition coefficient (Wildman–Crippen LogP) is 3.58. The summed E-state index contributed by atoms with van der Waals surface area (Å²) in [5.41, 5.74) is 2.15. The number of carbonyl (C=O) groups is 2. The molecule has 148 valence electrons. The van der Waals surface area contributed by atoms with Gasteiger partial charge >= 0.3 is 12.1 Å². The van der Waals surface area contributed by atoms with Crippen LogP contribution in [-0.4, -0.2) is 42.3 Å². The second-order valence-electron chi connectivity index (χ2n) is 6.69. The standard InChI is InChI=1S/C22H25NO5/c1-3-26-21(24)16(2)23-19(15-28-22(23)25)13-17-9-11-20(12-10-17)27-14-18-7-5-4-6-8-18/h4-12,16,19H,3,13-15H2,1-2H3/t16?,19-/m0/s1. The quantitative estimate of drug-likeness (QED) is 0.652. The van der Waals surface area contributed by atoms with E-state index in [0.717, 1.165) is 16.9 Å². The van der Waals surface area contributed by atoms with Gasteiger partial charge < -0.3 is 14.2 Å². The Morgan fingerprint density at radius 3 is 2.54 bits per heavy atom. The van der Waals surface area contributed by atoms with Gasteiger partial charge in [-0.05, 0) is 43.5 Å². The molecule has 0 radical (unpaired) electrons. The summed E-state index contributed by atoms with van der Waals surface area (Å²) in [6.45, 7) is 4.45. The fourth-order valence-corrected chi connectivity index (χ4v) is 3.21. The van der Waals surface area contributed by atoms with Crippen molar-refractivity contribution in [2.45, 2.75) is 39.0 Å². The van der Waals surface area contributed by atoms with Crippen LogP contribution in [0.1, 0.15) is 25.0 Å². The number of carbonyl (C=O) groups excluding carboxylic acids is 2. The van der Waals surface area contributed by atoms with Crippen molar-refractivity contribution in [2.75, 3.05) is 13.2 Å². The van der Waals surface area contributed by atoms with E-state index in [9.17, 15) is 9.59 Å². The lowest BCUT2D eigenvalue weighted by atomic mass is 10.0. The lowest BCUT2D eigenvalue weighted by molar-refractivity contribution is -0.148. The minimum absolute atomic E-state index is 0.206. The Kier molecular flexibility index (Phi) is 6.53. The molecule has 0 N–H and O–H groups in total. The number of hydrogen-bond donors (Lipinski definition) is 0. The van der Waals surface area contributed by atoms with Gasteiger partial charge in [0, 0.05) is 0 Å². The summed E-state index contributed by atoms with van der Waals surface area (Å²) < 4.78 is 16.0. The molecule has 0 bridgehead atoms. The van der Waals surface area contributed by atoms with Gasteiger partial charge in [-0.25, -0.2) is 9.59 Å². The monoisotopic (exact) mass is 383 g/mol. The van der Waals surface area contributed by atoms with Crippen LogP contribution >= 0.6 is 0 Å². The van der Waals surface area contributed by atoms with Gasteiger partial charge in [-0.1, -0.05) is 42.5 Å². The van der Waals surface area contributed by atoms with Gasteiger partial charge in [-0.15, -0.1) is 0 Å². The summed E-state index contributed by atoms with van der Waals surface area (Å²) in [4.78, 5) is 25.6. The largest absolute Gasteiger partial charge is 0.489 e. The van der Waals surface area contributed by atoms with Crippen LogP contribution in [-0.2, 0) is 27.3 Å². The van der Waals surface area contributed by atoms with Crippen LogP contribution in [0.25, 0.3) is 0 Å². The molecule has 2 aromatic rings. The number of rotatable bonds is 8. The summed E-state index contributed by atoms with van der Waals surface area (Å²) in [6.07, 6.45) is 0.113. The Balaban J connectivity index is 1.59. The minimum atomic E-state index is -0.673. The van der Waals surface area contributed by atoms with E-state index in [1.807, 2.05) is 54.6 Å². The molecule has 2 atom stereocenters. The first-order chi connectivity index (χ1) is 13.6. The van der Waals surface area contributed by atoms with Crippen molar-refractivity contribution < 1.29 is 23.8 Å². The summed E-state index contributed by atoms with van der Waals surface area (Å²) in [5.74, 6) is 0.360. The van der Waals surface area contributed by atoms with Gasteiger partial charge in [0.1, 0.15) is 25.0 Å². The highest BCUT2D eigenvalue weighted by Crippen LogP contribution is 2.22. The lowest BCUT2D eigenvalue weighted by Crippen LogP contribution is -2.46. The summed E-state index contributed by atoms with van der Waals surface area (Å²) in [6, 6.07) is 16.9. The van der Waals surface area contributed by atoms with Crippen molar-refractivity contribution in [2.24, 2.45) is 0 Å². The average Bonchev–Trinajstić information content (AvgIpc) is 3.08. The number of ether oxygens (including phenoxy) is 3. The first kappa shape index (κ1) is 19.7. The molecule has 1 saturated heterocycles. The Labute approximate surface area is 165 Å². The zero-order valence-corrected chi connectivity index (χ0v) is 16.2. The molecule has 0 spiro atoms. The summed E-state index contributed by atoms with van der Waals surface area (Å²) >= 11 is 0. The molecule has 1 aliphatic heterocycles. The molecule has 6 nitrogen and oxygen atoms in total. The molecule has 0 aliphatic carbocycles. The molecule has 3 rings (SSSR count). The van der Waals surface area contributed by atoms with E-state index in [1.165, 1.54) is 4.90 Å². The Morgan fingerprint density at radius 2 is 1.86 bits per heavy atom. The second-order valence-corrected chi connectivity index (χ2v) is 6.69. The molecular weight excluding hydrogens is 358 g/mol. The van der Waals surface area contributed by atoms with Crippen molar-refractivity contribution in [1.82, 2.24) is 4.90 Å². The molecule has 0 aromatic heterocycles. The molecule has 0 saturated carbocycles. The van der Waals surface area contributed by atoms with E-state index in [0.29, 0.717) is 13.0 Å². The van der Waals surface area contributed by atoms with Crippen LogP contribution in [0, 0.1) is 0 Å². The van der Waals surface area contributed by atoms with Crippen molar-refractivity contribution >= 4 is 12.1 Å². The summed E-state index contributed by atoms with van der Waals surface area (Å²) in [5, 5.41) is 0. The van der Waals surface area contributed by atoms with Gasteiger partial charge in [0.05, 0.1) is 12.6 Å². The molecule has 28 heavy (non-hydrogen) atoms. The number of hydrogen-bond acceptors (Lipinski definition) is 5. The van der Waals surface area contributed by atoms with E-state index in [2.05, 4.69) is 0 Å².